The number of carboxylic acid groups (broad SMARTS) is 1. The summed E-state index contributed by atoms with van der Waals surface area (Å²) in [4.78, 5) is 24.3. The molecule has 1 saturated heterocycles. The molecule has 2 aromatic rings. The van der Waals surface area contributed by atoms with E-state index in [9.17, 15) is 18.0 Å². The number of primary sulfonamides is 1. The molecule has 2 heterocycles. The Morgan fingerprint density at radius 1 is 1.33 bits per heavy atom. The van der Waals surface area contributed by atoms with Gasteiger partial charge in [0.1, 0.15) is 22.4 Å². The maximum Gasteiger partial charge on any atom is 0.323 e. The average molecular weight is 424 g/mol. The number of furan rings is 1. The van der Waals surface area contributed by atoms with E-state index in [1.807, 2.05) is 0 Å². The molecular formula is C16H12N2O6S3. The first-order valence-corrected chi connectivity index (χ1v) is 10.1. The Morgan fingerprint density at radius 3 is 2.74 bits per heavy atom. The van der Waals surface area contributed by atoms with Gasteiger partial charge in [-0.25, -0.2) is 13.6 Å². The van der Waals surface area contributed by atoms with Crippen LogP contribution in [0.15, 0.2) is 50.6 Å². The van der Waals surface area contributed by atoms with Gasteiger partial charge in [0, 0.05) is 11.6 Å². The number of thioether (sulfide) groups is 1. The van der Waals surface area contributed by atoms with Crippen LogP contribution in [0.25, 0.3) is 17.4 Å². The standard InChI is InChI=1S/C16H12N2O6S3/c17-27(22,23)11-3-1-2-9(6-11)12-5-4-10(24-12)7-13-15(21)18(8-14(19)20)16(25)26-13/h1-7H,8H2,(H,19,20)(H2,17,22,23). The molecule has 0 saturated carbocycles. The molecule has 140 valence electrons. The fourth-order valence-corrected chi connectivity index (χ4v) is 4.11. The zero-order valence-electron chi connectivity index (χ0n) is 13.5. The van der Waals surface area contributed by atoms with Gasteiger partial charge in [0.05, 0.1) is 9.80 Å². The summed E-state index contributed by atoms with van der Waals surface area (Å²) in [6, 6.07) is 9.16. The average Bonchev–Trinajstić information content (AvgIpc) is 3.15. The lowest BCUT2D eigenvalue weighted by Crippen LogP contribution is -2.33. The van der Waals surface area contributed by atoms with Crippen LogP contribution in [0.4, 0.5) is 0 Å². The predicted molar refractivity (Wildman–Crippen MR) is 103 cm³/mol. The lowest BCUT2D eigenvalue weighted by atomic mass is 10.2. The molecule has 0 unspecified atom stereocenters. The van der Waals surface area contributed by atoms with Crippen molar-refractivity contribution in [2.75, 3.05) is 6.54 Å². The fourth-order valence-electron chi connectivity index (χ4n) is 2.31. The van der Waals surface area contributed by atoms with Gasteiger partial charge in [0.2, 0.25) is 10.0 Å². The quantitative estimate of drug-likeness (QED) is 0.549. The molecular weight excluding hydrogens is 412 g/mol. The van der Waals surface area contributed by atoms with Gasteiger partial charge >= 0.3 is 5.97 Å². The Kier molecular flexibility index (Phi) is 5.20. The second-order valence-corrected chi connectivity index (χ2v) is 8.67. The molecule has 0 radical (unpaired) electrons. The predicted octanol–water partition coefficient (Wildman–Crippen LogP) is 1.88. The number of hydrogen-bond acceptors (Lipinski definition) is 7. The number of carboxylic acids is 1. The lowest BCUT2D eigenvalue weighted by Gasteiger charge is -2.09. The van der Waals surface area contributed by atoms with E-state index in [4.69, 9.17) is 26.9 Å². The summed E-state index contributed by atoms with van der Waals surface area (Å²) in [7, 11) is -3.84. The van der Waals surface area contributed by atoms with Crippen LogP contribution >= 0.6 is 24.0 Å². The number of rotatable bonds is 5. The van der Waals surface area contributed by atoms with Crippen LogP contribution in [-0.2, 0) is 19.6 Å². The van der Waals surface area contributed by atoms with Gasteiger partial charge in [0.25, 0.3) is 5.91 Å². The molecule has 11 heteroatoms. The number of carbonyl (C=O) groups is 2. The van der Waals surface area contributed by atoms with Gasteiger partial charge in [0.15, 0.2) is 0 Å². The van der Waals surface area contributed by atoms with Crippen molar-refractivity contribution in [1.82, 2.24) is 4.90 Å². The van der Waals surface area contributed by atoms with Crippen molar-refractivity contribution in [2.45, 2.75) is 4.90 Å². The largest absolute Gasteiger partial charge is 0.480 e. The third kappa shape index (κ3) is 4.27. The van der Waals surface area contributed by atoms with Crippen molar-refractivity contribution in [1.29, 1.82) is 0 Å². The van der Waals surface area contributed by atoms with Crippen molar-refractivity contribution < 1.29 is 27.5 Å². The Bertz CT molecular complexity index is 1090. The van der Waals surface area contributed by atoms with Crippen molar-refractivity contribution in [3.8, 4) is 11.3 Å². The zero-order chi connectivity index (χ0) is 19.8. The van der Waals surface area contributed by atoms with E-state index in [1.165, 1.54) is 24.3 Å². The molecule has 1 aliphatic heterocycles. The summed E-state index contributed by atoms with van der Waals surface area (Å²) in [5.41, 5.74) is 0.500. The second-order valence-electron chi connectivity index (χ2n) is 5.44. The molecule has 3 N–H and O–H groups in total. The minimum absolute atomic E-state index is 0.0486. The molecule has 1 aromatic heterocycles. The Balaban J connectivity index is 1.87. The Labute approximate surface area is 163 Å². The molecule has 3 rings (SSSR count). The van der Waals surface area contributed by atoms with Crippen molar-refractivity contribution >= 4 is 56.3 Å². The minimum Gasteiger partial charge on any atom is -0.480 e. The third-order valence-electron chi connectivity index (χ3n) is 3.51. The van der Waals surface area contributed by atoms with E-state index >= 15 is 0 Å². The van der Waals surface area contributed by atoms with Crippen LogP contribution in [0.1, 0.15) is 5.76 Å². The maximum atomic E-state index is 12.3. The SMILES string of the molecule is NS(=O)(=O)c1cccc(-c2ccc(C=C3SC(=S)N(CC(=O)O)C3=O)o2)c1. The number of hydrogen-bond donors (Lipinski definition) is 2. The minimum atomic E-state index is -3.84. The third-order valence-corrected chi connectivity index (χ3v) is 5.80. The van der Waals surface area contributed by atoms with Gasteiger partial charge in [-0.3, -0.25) is 14.5 Å². The molecule has 1 aromatic carbocycles. The number of thiocarbonyl (C=S) groups is 1. The highest BCUT2D eigenvalue weighted by atomic mass is 32.2. The summed E-state index contributed by atoms with van der Waals surface area (Å²) < 4.78 is 28.7. The van der Waals surface area contributed by atoms with Gasteiger partial charge in [-0.1, -0.05) is 36.1 Å². The first-order chi connectivity index (χ1) is 12.6. The van der Waals surface area contributed by atoms with Crippen LogP contribution in [0.2, 0.25) is 0 Å². The molecule has 0 spiro atoms. The van der Waals surface area contributed by atoms with E-state index < -0.39 is 28.4 Å². The van der Waals surface area contributed by atoms with Crippen molar-refractivity contribution in [3.05, 3.63) is 47.1 Å². The molecule has 27 heavy (non-hydrogen) atoms. The summed E-state index contributed by atoms with van der Waals surface area (Å²) in [5, 5.41) is 14.0. The van der Waals surface area contributed by atoms with Gasteiger partial charge in [-0.15, -0.1) is 0 Å². The highest BCUT2D eigenvalue weighted by Crippen LogP contribution is 2.33. The Morgan fingerprint density at radius 2 is 2.07 bits per heavy atom. The van der Waals surface area contributed by atoms with Crippen molar-refractivity contribution in [2.24, 2.45) is 5.14 Å². The first-order valence-electron chi connectivity index (χ1n) is 7.35. The van der Waals surface area contributed by atoms with E-state index in [0.29, 0.717) is 17.1 Å². The summed E-state index contributed by atoms with van der Waals surface area (Å²) in [6.07, 6.45) is 1.45. The molecule has 0 aliphatic carbocycles. The highest BCUT2D eigenvalue weighted by Gasteiger charge is 2.33. The van der Waals surface area contributed by atoms with Gasteiger partial charge < -0.3 is 9.52 Å². The monoisotopic (exact) mass is 424 g/mol. The summed E-state index contributed by atoms with van der Waals surface area (Å²) in [5.74, 6) is -0.959. The van der Waals surface area contributed by atoms with E-state index in [1.54, 1.807) is 18.2 Å². The number of sulfonamides is 1. The van der Waals surface area contributed by atoms with Crippen LogP contribution in [0.5, 0.6) is 0 Å². The van der Waals surface area contributed by atoms with Crippen LogP contribution in [0.3, 0.4) is 0 Å². The first kappa shape index (κ1) is 19.3. The highest BCUT2D eigenvalue weighted by molar-refractivity contribution is 8.26. The van der Waals surface area contributed by atoms with Crippen LogP contribution in [-0.4, -0.2) is 41.2 Å². The molecule has 0 atom stereocenters. The molecule has 0 bridgehead atoms. The molecule has 1 aliphatic rings. The maximum absolute atomic E-state index is 12.3. The van der Waals surface area contributed by atoms with Crippen LogP contribution in [0, 0.1) is 0 Å². The number of carbonyl (C=O) groups excluding carboxylic acids is 1. The van der Waals surface area contributed by atoms with Gasteiger partial charge in [-0.05, 0) is 24.3 Å². The topological polar surface area (TPSA) is 131 Å². The number of amides is 1. The second kappa shape index (κ2) is 7.27. The number of nitrogens with two attached hydrogens (primary N) is 1. The number of nitrogens with zero attached hydrogens (tertiary/aromatic N) is 1. The summed E-state index contributed by atoms with van der Waals surface area (Å²) in [6.45, 7) is -0.508. The summed E-state index contributed by atoms with van der Waals surface area (Å²) >= 11 is 6.00. The number of aliphatic carboxylic acids is 1. The molecule has 8 nitrogen and oxygen atoms in total. The smallest absolute Gasteiger partial charge is 0.323 e. The normalized spacial score (nSPS) is 16.3. The van der Waals surface area contributed by atoms with Crippen molar-refractivity contribution in [3.63, 3.8) is 0 Å². The van der Waals surface area contributed by atoms with Gasteiger partial charge in [-0.2, -0.15) is 0 Å². The molecule has 1 amide bonds. The fraction of sp³-hybridized carbons (Fsp3) is 0.0625. The van der Waals surface area contributed by atoms with E-state index in [0.717, 1.165) is 16.7 Å². The van der Waals surface area contributed by atoms with E-state index in [-0.39, 0.29) is 14.1 Å². The number of benzene rings is 1. The lowest BCUT2D eigenvalue weighted by molar-refractivity contribution is -0.140. The van der Waals surface area contributed by atoms with E-state index in [2.05, 4.69) is 0 Å². The zero-order valence-corrected chi connectivity index (χ0v) is 15.9. The molecule has 1 fully saturated rings. The Hall–Kier alpha value is -2.47. The van der Waals surface area contributed by atoms with Crippen LogP contribution < -0.4 is 5.14 Å².